The number of nitrogens with zero attached hydrogens (tertiary/aromatic N) is 1. The molecule has 1 aromatic rings. The quantitative estimate of drug-likeness (QED) is 0.615. The van der Waals surface area contributed by atoms with Crippen molar-refractivity contribution in [2.24, 2.45) is 5.92 Å². The summed E-state index contributed by atoms with van der Waals surface area (Å²) in [5, 5.41) is 22.2. The number of benzene rings is 1. The van der Waals surface area contributed by atoms with Gasteiger partial charge in [-0.1, -0.05) is 13.8 Å². The lowest BCUT2D eigenvalue weighted by Crippen LogP contribution is -2.23. The lowest BCUT2D eigenvalue weighted by Gasteiger charge is -2.14. The second-order valence-corrected chi connectivity index (χ2v) is 4.29. The molecule has 108 valence electrons. The van der Waals surface area contributed by atoms with E-state index in [-0.39, 0.29) is 28.8 Å². The Hall–Kier alpha value is -2.44. The lowest BCUT2D eigenvalue weighted by molar-refractivity contribution is -0.384. The Labute approximate surface area is 115 Å². The molecule has 2 N–H and O–H groups in total. The maximum absolute atomic E-state index is 12.0. The summed E-state index contributed by atoms with van der Waals surface area (Å²) in [6, 6.07) is 3.27. The van der Waals surface area contributed by atoms with Gasteiger partial charge in [0.15, 0.2) is 0 Å². The maximum atomic E-state index is 12.0. The van der Waals surface area contributed by atoms with Crippen LogP contribution < -0.4 is 5.32 Å². The Balaban J connectivity index is 3.13. The van der Waals surface area contributed by atoms with E-state index < -0.39 is 10.9 Å². The van der Waals surface area contributed by atoms with Crippen LogP contribution >= 0.6 is 0 Å². The fraction of sp³-hybridized carbons (Fsp3) is 0.385. The molecule has 20 heavy (non-hydrogen) atoms. The molecule has 0 heterocycles. The molecule has 1 rings (SSSR count). The predicted octanol–water partition coefficient (Wildman–Crippen LogP) is 2.67. The zero-order valence-corrected chi connectivity index (χ0v) is 11.3. The molecule has 0 fully saturated rings. The van der Waals surface area contributed by atoms with Crippen LogP contribution in [0.3, 0.4) is 0 Å². The molecule has 0 unspecified atom stereocenters. The summed E-state index contributed by atoms with van der Waals surface area (Å²) in [6.45, 7) is 3.69. The number of nitrogens with one attached hydrogen (secondary N) is 1. The molecule has 1 amide bonds. The first kappa shape index (κ1) is 15.6. The van der Waals surface area contributed by atoms with Crippen LogP contribution in [0.25, 0.3) is 0 Å². The summed E-state index contributed by atoms with van der Waals surface area (Å²) in [5.74, 6) is -1.84. The first-order valence-corrected chi connectivity index (χ1v) is 6.23. The average molecular weight is 280 g/mol. The Bertz CT molecular complexity index is 538. The van der Waals surface area contributed by atoms with Gasteiger partial charge in [-0.15, -0.1) is 0 Å². The molecular formula is C13H16N2O5. The van der Waals surface area contributed by atoms with Crippen LogP contribution in [0.4, 0.5) is 11.4 Å². The number of hydrogen-bond donors (Lipinski definition) is 2. The van der Waals surface area contributed by atoms with Crippen molar-refractivity contribution in [2.45, 2.75) is 26.7 Å². The van der Waals surface area contributed by atoms with Crippen molar-refractivity contribution in [3.63, 3.8) is 0 Å². The van der Waals surface area contributed by atoms with E-state index in [2.05, 4.69) is 5.32 Å². The molecule has 1 aromatic carbocycles. The monoisotopic (exact) mass is 280 g/mol. The van der Waals surface area contributed by atoms with Crippen molar-refractivity contribution in [3.8, 4) is 0 Å². The summed E-state index contributed by atoms with van der Waals surface area (Å²) in [4.78, 5) is 33.1. The SMILES string of the molecule is CCC(CC)C(=O)Nc1cc([N+](=O)[O-])ccc1C(=O)O. The van der Waals surface area contributed by atoms with E-state index in [1.54, 1.807) is 0 Å². The van der Waals surface area contributed by atoms with Crippen molar-refractivity contribution >= 4 is 23.3 Å². The number of hydrogen-bond acceptors (Lipinski definition) is 4. The van der Waals surface area contributed by atoms with E-state index in [1.165, 1.54) is 0 Å². The summed E-state index contributed by atoms with van der Waals surface area (Å²) >= 11 is 0. The molecule has 0 aliphatic rings. The number of anilines is 1. The molecular weight excluding hydrogens is 264 g/mol. The second kappa shape index (κ2) is 6.65. The van der Waals surface area contributed by atoms with Crippen LogP contribution in [0.1, 0.15) is 37.0 Å². The van der Waals surface area contributed by atoms with E-state index in [1.807, 2.05) is 13.8 Å². The van der Waals surface area contributed by atoms with E-state index in [0.717, 1.165) is 18.2 Å². The van der Waals surface area contributed by atoms with Gasteiger partial charge in [0.05, 0.1) is 16.2 Å². The molecule has 0 aromatic heterocycles. The number of carboxylic acid groups (broad SMARTS) is 1. The lowest BCUT2D eigenvalue weighted by atomic mass is 10.0. The third-order valence-electron chi connectivity index (χ3n) is 3.06. The van der Waals surface area contributed by atoms with Crippen LogP contribution in [-0.4, -0.2) is 21.9 Å². The first-order valence-electron chi connectivity index (χ1n) is 6.23. The van der Waals surface area contributed by atoms with E-state index in [4.69, 9.17) is 5.11 Å². The summed E-state index contributed by atoms with van der Waals surface area (Å²) in [5.41, 5.74) is -0.492. The Morgan fingerprint density at radius 1 is 1.35 bits per heavy atom. The largest absolute Gasteiger partial charge is 0.478 e. The van der Waals surface area contributed by atoms with Gasteiger partial charge in [0.25, 0.3) is 5.69 Å². The third-order valence-corrected chi connectivity index (χ3v) is 3.06. The highest BCUT2D eigenvalue weighted by atomic mass is 16.6. The van der Waals surface area contributed by atoms with Crippen molar-refractivity contribution in [3.05, 3.63) is 33.9 Å². The topological polar surface area (TPSA) is 110 Å². The highest BCUT2D eigenvalue weighted by Crippen LogP contribution is 2.24. The van der Waals surface area contributed by atoms with Crippen LogP contribution in [0.15, 0.2) is 18.2 Å². The number of carbonyl (C=O) groups is 2. The minimum absolute atomic E-state index is 0.0522. The van der Waals surface area contributed by atoms with Crippen molar-refractivity contribution in [1.29, 1.82) is 0 Å². The fourth-order valence-electron chi connectivity index (χ4n) is 1.83. The number of rotatable bonds is 6. The fourth-order valence-corrected chi connectivity index (χ4v) is 1.83. The predicted molar refractivity (Wildman–Crippen MR) is 72.8 cm³/mol. The van der Waals surface area contributed by atoms with E-state index >= 15 is 0 Å². The highest BCUT2D eigenvalue weighted by Gasteiger charge is 2.20. The smallest absolute Gasteiger partial charge is 0.337 e. The molecule has 0 saturated heterocycles. The molecule has 0 spiro atoms. The minimum Gasteiger partial charge on any atom is -0.478 e. The minimum atomic E-state index is -1.25. The molecule has 7 nitrogen and oxygen atoms in total. The number of nitro groups is 1. The molecule has 0 radical (unpaired) electrons. The first-order chi connectivity index (χ1) is 9.40. The van der Waals surface area contributed by atoms with Crippen molar-refractivity contribution < 1.29 is 19.6 Å². The Kier molecular flexibility index (Phi) is 5.19. The van der Waals surface area contributed by atoms with Gasteiger partial charge in [0.2, 0.25) is 5.91 Å². The van der Waals surface area contributed by atoms with Gasteiger partial charge < -0.3 is 10.4 Å². The van der Waals surface area contributed by atoms with E-state index in [9.17, 15) is 19.7 Å². The van der Waals surface area contributed by atoms with E-state index in [0.29, 0.717) is 12.8 Å². The van der Waals surface area contributed by atoms with Crippen LogP contribution in [0, 0.1) is 16.0 Å². The summed E-state index contributed by atoms with van der Waals surface area (Å²) in [6.07, 6.45) is 1.22. The van der Waals surface area contributed by atoms with Gasteiger partial charge in [-0.05, 0) is 18.9 Å². The normalized spacial score (nSPS) is 10.3. The number of nitro benzene ring substituents is 1. The maximum Gasteiger partial charge on any atom is 0.337 e. The molecule has 0 bridgehead atoms. The number of amides is 1. The molecule has 0 atom stereocenters. The summed E-state index contributed by atoms with van der Waals surface area (Å²) < 4.78 is 0. The number of non-ortho nitro benzene ring substituents is 1. The molecule has 0 aliphatic heterocycles. The molecule has 0 aliphatic carbocycles. The van der Waals surface area contributed by atoms with Crippen molar-refractivity contribution in [1.82, 2.24) is 0 Å². The van der Waals surface area contributed by atoms with Gasteiger partial charge in [0.1, 0.15) is 0 Å². The van der Waals surface area contributed by atoms with Gasteiger partial charge in [-0.2, -0.15) is 0 Å². The van der Waals surface area contributed by atoms with Crippen LogP contribution in [-0.2, 0) is 4.79 Å². The standard InChI is InChI=1S/C13H16N2O5/c1-3-8(4-2)12(16)14-11-7-9(15(19)20)5-6-10(11)13(17)18/h5-8H,3-4H2,1-2H3,(H,14,16)(H,17,18). The third kappa shape index (κ3) is 3.53. The number of carboxylic acids is 1. The average Bonchev–Trinajstić information content (AvgIpc) is 2.39. The Morgan fingerprint density at radius 2 is 1.95 bits per heavy atom. The van der Waals surface area contributed by atoms with Crippen LogP contribution in [0.5, 0.6) is 0 Å². The highest BCUT2D eigenvalue weighted by molar-refractivity contribution is 6.01. The zero-order chi connectivity index (χ0) is 15.3. The molecule has 7 heteroatoms. The zero-order valence-electron chi connectivity index (χ0n) is 11.3. The summed E-state index contributed by atoms with van der Waals surface area (Å²) in [7, 11) is 0. The van der Waals surface area contributed by atoms with Gasteiger partial charge >= 0.3 is 5.97 Å². The van der Waals surface area contributed by atoms with Gasteiger partial charge in [0, 0.05) is 18.1 Å². The number of aromatic carboxylic acids is 1. The van der Waals surface area contributed by atoms with Gasteiger partial charge in [-0.3, -0.25) is 14.9 Å². The number of carbonyl (C=O) groups excluding carboxylic acids is 1. The molecule has 0 saturated carbocycles. The van der Waals surface area contributed by atoms with Crippen molar-refractivity contribution in [2.75, 3.05) is 5.32 Å². The Morgan fingerprint density at radius 3 is 2.40 bits per heavy atom. The van der Waals surface area contributed by atoms with Crippen LogP contribution in [0.2, 0.25) is 0 Å². The second-order valence-electron chi connectivity index (χ2n) is 4.29. The van der Waals surface area contributed by atoms with Gasteiger partial charge in [-0.25, -0.2) is 4.79 Å².